The molecule has 0 unspecified atom stereocenters. The second kappa shape index (κ2) is 8.22. The van der Waals surface area contributed by atoms with Crippen molar-refractivity contribution in [3.05, 3.63) is 29.7 Å². The minimum atomic E-state index is 0.462. The van der Waals surface area contributed by atoms with Crippen LogP contribution in [0.2, 0.25) is 0 Å². The van der Waals surface area contributed by atoms with Gasteiger partial charge in [-0.25, -0.2) is 4.98 Å². The Balaban J connectivity index is 1.29. The third kappa shape index (κ3) is 4.56. The van der Waals surface area contributed by atoms with E-state index in [9.17, 15) is 0 Å². The van der Waals surface area contributed by atoms with E-state index in [1.54, 1.807) is 0 Å². The van der Waals surface area contributed by atoms with Gasteiger partial charge in [0.25, 0.3) is 0 Å². The summed E-state index contributed by atoms with van der Waals surface area (Å²) in [7, 11) is 1.99. The molecule has 2 fully saturated rings. The lowest BCUT2D eigenvalue weighted by Gasteiger charge is -2.32. The summed E-state index contributed by atoms with van der Waals surface area (Å²) in [6, 6.07) is 2.43. The Labute approximate surface area is 160 Å². The van der Waals surface area contributed by atoms with Crippen LogP contribution in [0.4, 0.5) is 11.8 Å². The molecule has 2 aromatic heterocycles. The van der Waals surface area contributed by atoms with Crippen LogP contribution >= 0.6 is 0 Å². The zero-order valence-corrected chi connectivity index (χ0v) is 16.3. The first-order valence-corrected chi connectivity index (χ1v) is 9.81. The minimum absolute atomic E-state index is 0.462. The highest BCUT2D eigenvalue weighted by Gasteiger charge is 2.21. The summed E-state index contributed by atoms with van der Waals surface area (Å²) in [4.78, 5) is 13.8. The van der Waals surface area contributed by atoms with Crippen LogP contribution in [0.15, 0.2) is 18.5 Å². The lowest BCUT2D eigenvalue weighted by atomic mass is 10.0. The molecule has 2 aliphatic rings. The lowest BCUT2D eigenvalue weighted by Crippen LogP contribution is -2.39. The van der Waals surface area contributed by atoms with Crippen LogP contribution in [0.1, 0.15) is 24.1 Å². The Bertz CT molecular complexity index is 748. The highest BCUT2D eigenvalue weighted by Crippen LogP contribution is 2.19. The minimum Gasteiger partial charge on any atom is -0.378 e. The van der Waals surface area contributed by atoms with E-state index < -0.39 is 0 Å². The van der Waals surface area contributed by atoms with Gasteiger partial charge >= 0.3 is 0 Å². The number of piperidine rings is 1. The van der Waals surface area contributed by atoms with Gasteiger partial charge < -0.3 is 15.0 Å². The summed E-state index contributed by atoms with van der Waals surface area (Å²) in [6.45, 7) is 8.46. The first-order chi connectivity index (χ1) is 13.2. The van der Waals surface area contributed by atoms with E-state index in [0.717, 1.165) is 76.2 Å². The fourth-order valence-corrected chi connectivity index (χ4v) is 3.83. The molecule has 146 valence electrons. The maximum Gasteiger partial charge on any atom is 0.227 e. The predicted octanol–water partition coefficient (Wildman–Crippen LogP) is 1.43. The molecule has 27 heavy (non-hydrogen) atoms. The molecule has 2 saturated heterocycles. The lowest BCUT2D eigenvalue weighted by molar-refractivity contribution is 0.122. The Kier molecular flexibility index (Phi) is 5.54. The molecule has 0 atom stereocenters. The highest BCUT2D eigenvalue weighted by molar-refractivity contribution is 5.42. The molecule has 8 heteroatoms. The van der Waals surface area contributed by atoms with Gasteiger partial charge in [-0.1, -0.05) is 0 Å². The van der Waals surface area contributed by atoms with Gasteiger partial charge in [0.05, 0.1) is 18.9 Å². The second-order valence-corrected chi connectivity index (χ2v) is 7.45. The molecule has 0 saturated carbocycles. The quantitative estimate of drug-likeness (QED) is 0.852. The van der Waals surface area contributed by atoms with Crippen LogP contribution in [0.3, 0.4) is 0 Å². The normalized spacial score (nSPS) is 19.4. The average Bonchev–Trinajstić information content (AvgIpc) is 3.01. The van der Waals surface area contributed by atoms with Crippen molar-refractivity contribution in [2.45, 2.75) is 32.4 Å². The van der Waals surface area contributed by atoms with Crippen molar-refractivity contribution in [2.75, 3.05) is 49.6 Å². The molecular weight excluding hydrogens is 342 g/mol. The zero-order valence-electron chi connectivity index (χ0n) is 16.3. The molecule has 8 nitrogen and oxygen atoms in total. The number of rotatable bonds is 5. The van der Waals surface area contributed by atoms with E-state index in [1.807, 2.05) is 24.0 Å². The Morgan fingerprint density at radius 2 is 1.96 bits per heavy atom. The van der Waals surface area contributed by atoms with E-state index >= 15 is 0 Å². The maximum absolute atomic E-state index is 5.41. The molecule has 0 aliphatic carbocycles. The number of hydrogen-bond acceptors (Lipinski definition) is 7. The largest absolute Gasteiger partial charge is 0.378 e. The van der Waals surface area contributed by atoms with E-state index in [4.69, 9.17) is 9.72 Å². The topological polar surface area (TPSA) is 71.3 Å². The number of aromatic nitrogens is 4. The van der Waals surface area contributed by atoms with Crippen LogP contribution < -0.4 is 10.2 Å². The number of anilines is 2. The van der Waals surface area contributed by atoms with Crippen molar-refractivity contribution in [3.8, 4) is 0 Å². The first-order valence-electron chi connectivity index (χ1n) is 9.81. The molecule has 0 bridgehead atoms. The van der Waals surface area contributed by atoms with Gasteiger partial charge in [-0.2, -0.15) is 10.1 Å². The number of ether oxygens (including phenoxy) is 1. The van der Waals surface area contributed by atoms with Gasteiger partial charge in [0.15, 0.2) is 0 Å². The van der Waals surface area contributed by atoms with Gasteiger partial charge in [0.1, 0.15) is 5.82 Å². The smallest absolute Gasteiger partial charge is 0.227 e. The zero-order chi connectivity index (χ0) is 18.6. The highest BCUT2D eigenvalue weighted by atomic mass is 16.5. The van der Waals surface area contributed by atoms with E-state index in [0.29, 0.717) is 6.04 Å². The summed E-state index contributed by atoms with van der Waals surface area (Å²) >= 11 is 0. The average molecular weight is 371 g/mol. The summed E-state index contributed by atoms with van der Waals surface area (Å²) in [5, 5.41) is 8.05. The van der Waals surface area contributed by atoms with Gasteiger partial charge in [0.2, 0.25) is 5.95 Å². The molecule has 2 aliphatic heterocycles. The Hall–Kier alpha value is -2.19. The fourth-order valence-electron chi connectivity index (χ4n) is 3.83. The SMILES string of the molecule is Cc1nn(C)cc1CN1CCC(Nc2ccnc(N3CCOCC3)n2)CC1. The third-order valence-corrected chi connectivity index (χ3v) is 5.39. The van der Waals surface area contributed by atoms with Crippen molar-refractivity contribution in [1.29, 1.82) is 0 Å². The molecule has 1 N–H and O–H groups in total. The van der Waals surface area contributed by atoms with Crippen LogP contribution in [0.25, 0.3) is 0 Å². The maximum atomic E-state index is 5.41. The van der Waals surface area contributed by atoms with Gasteiger partial charge in [-0.15, -0.1) is 0 Å². The summed E-state index contributed by atoms with van der Waals surface area (Å²) in [5.74, 6) is 1.72. The van der Waals surface area contributed by atoms with Crippen LogP contribution in [-0.4, -0.2) is 70.1 Å². The van der Waals surface area contributed by atoms with Crippen LogP contribution in [-0.2, 0) is 18.3 Å². The number of morpholine rings is 1. The summed E-state index contributed by atoms with van der Waals surface area (Å²) in [6.07, 6.45) is 6.22. The Morgan fingerprint density at radius 3 is 2.67 bits per heavy atom. The third-order valence-electron chi connectivity index (χ3n) is 5.39. The number of nitrogens with one attached hydrogen (secondary N) is 1. The van der Waals surface area contributed by atoms with Gasteiger partial charge in [0, 0.05) is 63.8 Å². The summed E-state index contributed by atoms with van der Waals surface area (Å²) < 4.78 is 7.31. The molecule has 4 rings (SSSR count). The molecule has 0 radical (unpaired) electrons. The van der Waals surface area contributed by atoms with Crippen molar-refractivity contribution < 1.29 is 4.74 Å². The monoisotopic (exact) mass is 371 g/mol. The second-order valence-electron chi connectivity index (χ2n) is 7.45. The number of nitrogens with zero attached hydrogens (tertiary/aromatic N) is 6. The van der Waals surface area contributed by atoms with E-state index in [1.165, 1.54) is 5.56 Å². The number of hydrogen-bond donors (Lipinski definition) is 1. The van der Waals surface area contributed by atoms with Crippen molar-refractivity contribution in [2.24, 2.45) is 7.05 Å². The standard InChI is InChI=1S/C19H29N7O/c1-15-16(13-24(2)23-15)14-25-7-4-17(5-8-25)21-18-3-6-20-19(22-18)26-9-11-27-12-10-26/h3,6,13,17H,4-5,7-12,14H2,1-2H3,(H,20,21,22). The van der Waals surface area contributed by atoms with Gasteiger partial charge in [-0.3, -0.25) is 9.58 Å². The van der Waals surface area contributed by atoms with E-state index in [-0.39, 0.29) is 0 Å². The number of aryl methyl sites for hydroxylation is 2. The molecule has 4 heterocycles. The van der Waals surface area contributed by atoms with Crippen molar-refractivity contribution in [3.63, 3.8) is 0 Å². The van der Waals surface area contributed by atoms with Crippen LogP contribution in [0.5, 0.6) is 0 Å². The van der Waals surface area contributed by atoms with Gasteiger partial charge in [-0.05, 0) is 25.8 Å². The molecule has 0 amide bonds. The Morgan fingerprint density at radius 1 is 1.19 bits per heavy atom. The van der Waals surface area contributed by atoms with Crippen molar-refractivity contribution >= 4 is 11.8 Å². The molecule has 2 aromatic rings. The first kappa shape index (κ1) is 18.2. The van der Waals surface area contributed by atoms with E-state index in [2.05, 4.69) is 38.3 Å². The van der Waals surface area contributed by atoms with Crippen molar-refractivity contribution in [1.82, 2.24) is 24.6 Å². The molecular formula is C19H29N7O. The molecule has 0 aromatic carbocycles. The fraction of sp³-hybridized carbons (Fsp3) is 0.632. The number of likely N-dealkylation sites (tertiary alicyclic amines) is 1. The predicted molar refractivity (Wildman–Crippen MR) is 105 cm³/mol. The molecule has 0 spiro atoms. The summed E-state index contributed by atoms with van der Waals surface area (Å²) in [5.41, 5.74) is 2.46. The van der Waals surface area contributed by atoms with Crippen LogP contribution in [0, 0.1) is 6.92 Å².